The molecule has 32 heavy (non-hydrogen) atoms. The van der Waals surface area contributed by atoms with Gasteiger partial charge < -0.3 is 14.2 Å². The van der Waals surface area contributed by atoms with E-state index in [-0.39, 0.29) is 29.4 Å². The number of methoxy groups -OCH3 is 2. The number of hydrogen-bond acceptors (Lipinski definition) is 7. The van der Waals surface area contributed by atoms with E-state index < -0.39 is 23.8 Å². The number of anilines is 1. The van der Waals surface area contributed by atoms with Gasteiger partial charge in [-0.1, -0.05) is 27.5 Å². The minimum absolute atomic E-state index is 0.240. The largest absolute Gasteiger partial charge is 0.493 e. The fraction of sp³-hybridized carbons (Fsp3) is 0.143. The second kappa shape index (κ2) is 9.84. The van der Waals surface area contributed by atoms with Crippen LogP contribution in [0.1, 0.15) is 5.56 Å². The molecule has 1 N–H and O–H groups in total. The van der Waals surface area contributed by atoms with Crippen LogP contribution in [-0.4, -0.2) is 44.6 Å². The Morgan fingerprint density at radius 3 is 2.44 bits per heavy atom. The fourth-order valence-corrected chi connectivity index (χ4v) is 3.33. The van der Waals surface area contributed by atoms with E-state index in [4.69, 9.17) is 21.1 Å². The summed E-state index contributed by atoms with van der Waals surface area (Å²) in [5, 5.41) is 2.57. The number of carbonyl (C=O) groups excluding carboxylic acids is 4. The molecule has 4 amide bonds. The minimum atomic E-state index is -0.873. The molecule has 1 fully saturated rings. The molecule has 2 aromatic rings. The topological polar surface area (TPSA) is 111 Å². The van der Waals surface area contributed by atoms with Gasteiger partial charge in [-0.2, -0.15) is 0 Å². The number of nitrogens with one attached hydrogen (secondary N) is 1. The molecule has 1 aliphatic rings. The van der Waals surface area contributed by atoms with Gasteiger partial charge in [0.05, 0.1) is 19.9 Å². The smallest absolute Gasteiger partial charge is 0.343 e. The molecule has 0 radical (unpaired) electrons. The van der Waals surface area contributed by atoms with Gasteiger partial charge in [0.25, 0.3) is 11.8 Å². The van der Waals surface area contributed by atoms with Gasteiger partial charge in [0.1, 0.15) is 5.57 Å². The van der Waals surface area contributed by atoms with Gasteiger partial charge in [-0.05, 0) is 48.0 Å². The summed E-state index contributed by atoms with van der Waals surface area (Å²) in [7, 11) is 2.63. The fourth-order valence-electron chi connectivity index (χ4n) is 2.77. The maximum atomic E-state index is 13.0. The lowest BCUT2D eigenvalue weighted by Gasteiger charge is -2.26. The van der Waals surface area contributed by atoms with E-state index in [0.717, 1.165) is 4.90 Å². The van der Waals surface area contributed by atoms with E-state index in [1.165, 1.54) is 56.7 Å². The molecule has 0 atom stereocenters. The minimum Gasteiger partial charge on any atom is -0.493 e. The Kier molecular flexibility index (Phi) is 7.16. The molecule has 0 aromatic heterocycles. The number of amides is 4. The van der Waals surface area contributed by atoms with E-state index >= 15 is 0 Å². The van der Waals surface area contributed by atoms with Gasteiger partial charge in [0.15, 0.2) is 18.1 Å². The van der Waals surface area contributed by atoms with Crippen molar-refractivity contribution in [2.24, 2.45) is 0 Å². The molecule has 9 nitrogen and oxygen atoms in total. The number of carbonyl (C=O) groups is 4. The van der Waals surface area contributed by atoms with Crippen molar-refractivity contribution in [1.29, 1.82) is 0 Å². The molecule has 0 bridgehead atoms. The van der Waals surface area contributed by atoms with Crippen LogP contribution >= 0.6 is 27.5 Å². The lowest BCUT2D eigenvalue weighted by molar-refractivity contribution is -0.143. The van der Waals surface area contributed by atoms with Crippen molar-refractivity contribution in [2.75, 3.05) is 25.7 Å². The number of halogens is 2. The molecule has 0 saturated carbocycles. The SMILES string of the molecule is COC(=O)COc1cc(Br)c(/C=C2\C(=O)NC(=O)N(c3ccc(Cl)cc3)C2=O)cc1OC. The zero-order valence-corrected chi connectivity index (χ0v) is 19.2. The molecule has 3 rings (SSSR count). The van der Waals surface area contributed by atoms with Crippen LogP contribution in [0, 0.1) is 0 Å². The molecule has 0 unspecified atom stereocenters. The number of urea groups is 1. The molecule has 1 saturated heterocycles. The van der Waals surface area contributed by atoms with Gasteiger partial charge in [-0.25, -0.2) is 14.5 Å². The highest BCUT2D eigenvalue weighted by Crippen LogP contribution is 2.35. The summed E-state index contributed by atoms with van der Waals surface area (Å²) in [5.74, 6) is -1.74. The Hall–Kier alpha value is -3.37. The third kappa shape index (κ3) is 4.92. The van der Waals surface area contributed by atoms with Crippen LogP contribution in [0.25, 0.3) is 6.08 Å². The van der Waals surface area contributed by atoms with Crippen LogP contribution in [0.5, 0.6) is 11.5 Å². The summed E-state index contributed by atoms with van der Waals surface area (Å²) < 4.78 is 15.6. The Morgan fingerprint density at radius 1 is 1.12 bits per heavy atom. The molecule has 1 aliphatic heterocycles. The summed E-state index contributed by atoms with van der Waals surface area (Å²) in [6, 6.07) is 8.16. The Bertz CT molecular complexity index is 1130. The Labute approximate surface area is 196 Å². The number of esters is 1. The van der Waals surface area contributed by atoms with Crippen LogP contribution in [0.3, 0.4) is 0 Å². The van der Waals surface area contributed by atoms with Crippen molar-refractivity contribution in [3.05, 3.63) is 57.0 Å². The number of rotatable bonds is 6. The maximum absolute atomic E-state index is 13.0. The molecular weight excluding hydrogens is 508 g/mol. The molecule has 166 valence electrons. The number of hydrogen-bond donors (Lipinski definition) is 1. The number of ether oxygens (including phenoxy) is 3. The van der Waals surface area contributed by atoms with Gasteiger partial charge in [0, 0.05) is 9.50 Å². The summed E-state index contributed by atoms with van der Waals surface area (Å²) in [5.41, 5.74) is 0.375. The zero-order valence-electron chi connectivity index (χ0n) is 16.8. The van der Waals surface area contributed by atoms with E-state index in [9.17, 15) is 19.2 Å². The molecule has 2 aromatic carbocycles. The quantitative estimate of drug-likeness (QED) is 0.351. The first-order valence-corrected chi connectivity index (χ1v) is 10.2. The lowest BCUT2D eigenvalue weighted by atomic mass is 10.1. The number of nitrogens with zero attached hydrogens (tertiary/aromatic N) is 1. The summed E-state index contributed by atoms with van der Waals surface area (Å²) in [6.45, 7) is -0.335. The average Bonchev–Trinajstić information content (AvgIpc) is 2.77. The first kappa shape index (κ1) is 23.3. The van der Waals surface area contributed by atoms with Crippen molar-refractivity contribution in [2.45, 2.75) is 0 Å². The highest BCUT2D eigenvalue weighted by Gasteiger charge is 2.37. The lowest BCUT2D eigenvalue weighted by Crippen LogP contribution is -2.54. The maximum Gasteiger partial charge on any atom is 0.343 e. The first-order valence-electron chi connectivity index (χ1n) is 8.99. The third-order valence-electron chi connectivity index (χ3n) is 4.34. The first-order chi connectivity index (χ1) is 15.2. The normalized spacial score (nSPS) is 14.9. The molecule has 1 heterocycles. The van der Waals surface area contributed by atoms with Crippen molar-refractivity contribution >= 4 is 63.1 Å². The summed E-state index contributed by atoms with van der Waals surface area (Å²) in [6.07, 6.45) is 1.31. The number of barbiturate groups is 1. The van der Waals surface area contributed by atoms with Crippen LogP contribution in [0.15, 0.2) is 46.4 Å². The van der Waals surface area contributed by atoms with Crippen LogP contribution in [-0.2, 0) is 19.1 Å². The van der Waals surface area contributed by atoms with E-state index in [2.05, 4.69) is 26.0 Å². The van der Waals surface area contributed by atoms with Crippen LogP contribution in [0.4, 0.5) is 10.5 Å². The van der Waals surface area contributed by atoms with Gasteiger partial charge in [-0.15, -0.1) is 0 Å². The van der Waals surface area contributed by atoms with Crippen LogP contribution < -0.4 is 19.7 Å². The Morgan fingerprint density at radius 2 is 1.81 bits per heavy atom. The second-order valence-corrected chi connectivity index (χ2v) is 7.61. The predicted molar refractivity (Wildman–Crippen MR) is 119 cm³/mol. The summed E-state index contributed by atoms with van der Waals surface area (Å²) in [4.78, 5) is 49.9. The average molecular weight is 524 g/mol. The van der Waals surface area contributed by atoms with E-state index in [0.29, 0.717) is 15.1 Å². The van der Waals surface area contributed by atoms with E-state index in [1.54, 1.807) is 0 Å². The number of benzene rings is 2. The van der Waals surface area contributed by atoms with Gasteiger partial charge >= 0.3 is 12.0 Å². The second-order valence-electron chi connectivity index (χ2n) is 6.32. The molecule has 11 heteroatoms. The van der Waals surface area contributed by atoms with Gasteiger partial charge in [-0.3, -0.25) is 14.9 Å². The zero-order chi connectivity index (χ0) is 23.4. The monoisotopic (exact) mass is 522 g/mol. The highest BCUT2D eigenvalue weighted by molar-refractivity contribution is 9.10. The van der Waals surface area contributed by atoms with Crippen LogP contribution in [0.2, 0.25) is 5.02 Å². The highest BCUT2D eigenvalue weighted by atomic mass is 79.9. The van der Waals surface area contributed by atoms with Gasteiger partial charge in [0.2, 0.25) is 0 Å². The van der Waals surface area contributed by atoms with Crippen molar-refractivity contribution < 1.29 is 33.4 Å². The molecule has 0 spiro atoms. The van der Waals surface area contributed by atoms with E-state index in [1.807, 2.05) is 0 Å². The van der Waals surface area contributed by atoms with Crippen molar-refractivity contribution in [3.63, 3.8) is 0 Å². The van der Waals surface area contributed by atoms with Crippen molar-refractivity contribution in [3.8, 4) is 11.5 Å². The predicted octanol–water partition coefficient (Wildman–Crippen LogP) is 3.33. The molecular formula is C21H16BrClN2O7. The summed E-state index contributed by atoms with van der Waals surface area (Å²) >= 11 is 9.21. The molecule has 0 aliphatic carbocycles. The Balaban J connectivity index is 1.97. The third-order valence-corrected chi connectivity index (χ3v) is 5.28. The standard InChI is InChI=1S/C21H16BrClN2O7/c1-30-16-8-11(15(22)9-17(16)32-10-18(26)31-2)7-14-19(27)24-21(29)25(20(14)28)13-5-3-12(23)4-6-13/h3-9H,10H2,1-2H3,(H,24,27,29)/b14-7+. The number of imide groups is 2. The van der Waals surface area contributed by atoms with Crippen molar-refractivity contribution in [1.82, 2.24) is 5.32 Å².